The Kier molecular flexibility index (Phi) is 7.24. The van der Waals surface area contributed by atoms with Crippen LogP contribution in [-0.2, 0) is 17.1 Å². The van der Waals surface area contributed by atoms with Crippen LogP contribution in [0.4, 0.5) is 0 Å². The van der Waals surface area contributed by atoms with Crippen molar-refractivity contribution in [2.24, 2.45) is 0 Å². The van der Waals surface area contributed by atoms with Crippen molar-refractivity contribution >= 4 is 0 Å². The van der Waals surface area contributed by atoms with Crippen LogP contribution in [0.15, 0.2) is 90.4 Å². The van der Waals surface area contributed by atoms with Crippen molar-refractivity contribution in [2.75, 3.05) is 0 Å². The number of hydrogen-bond donors (Lipinski definition) is 1. The summed E-state index contributed by atoms with van der Waals surface area (Å²) in [4.78, 5) is 0. The molecule has 0 fully saturated rings. The van der Waals surface area contributed by atoms with Gasteiger partial charge in [-0.3, -0.25) is 0 Å². The summed E-state index contributed by atoms with van der Waals surface area (Å²) >= 11 is 0. The van der Waals surface area contributed by atoms with Gasteiger partial charge in [0, 0.05) is 17.1 Å². The third-order valence-corrected chi connectivity index (χ3v) is 2.70. The summed E-state index contributed by atoms with van der Waals surface area (Å²) in [5, 5.41) is 9.63. The number of benzene rings is 1. The summed E-state index contributed by atoms with van der Waals surface area (Å²) < 4.78 is 5.29. The second-order valence-electron chi connectivity index (χ2n) is 4.36. The van der Waals surface area contributed by atoms with E-state index in [1.165, 1.54) is 0 Å². The molecule has 110 valence electrons. The number of allylic oxidation sites excluding steroid dienone is 5. The van der Waals surface area contributed by atoms with Gasteiger partial charge in [-0.1, -0.05) is 29.8 Å². The van der Waals surface area contributed by atoms with Crippen LogP contribution in [0.25, 0.3) is 0 Å². The van der Waals surface area contributed by atoms with Gasteiger partial charge in [0.1, 0.15) is 5.75 Å². The fourth-order valence-corrected chi connectivity index (χ4v) is 1.61. The third-order valence-electron chi connectivity index (χ3n) is 2.70. The first-order valence-corrected chi connectivity index (χ1v) is 6.45. The van der Waals surface area contributed by atoms with Gasteiger partial charge in [-0.2, -0.15) is 18.2 Å². The monoisotopic (exact) mass is 321 g/mol. The van der Waals surface area contributed by atoms with Crippen molar-refractivity contribution in [3.63, 3.8) is 0 Å². The molecule has 2 aromatic carbocycles. The molecule has 0 atom stereocenters. The Morgan fingerprint density at radius 3 is 2.05 bits per heavy atom. The summed E-state index contributed by atoms with van der Waals surface area (Å²) in [5.74, 6) is 0.572. The first-order chi connectivity index (χ1) is 9.75. The Morgan fingerprint density at radius 2 is 1.57 bits per heavy atom. The van der Waals surface area contributed by atoms with Gasteiger partial charge in [0.2, 0.25) is 0 Å². The van der Waals surface area contributed by atoms with Gasteiger partial charge in [-0.05, 0) is 31.2 Å². The molecular formula is C18H17FeO2-. The molecule has 3 rings (SSSR count). The number of hydrogen-bond acceptors (Lipinski definition) is 2. The van der Waals surface area contributed by atoms with Crippen LogP contribution in [0.2, 0.25) is 0 Å². The number of ether oxygens (including phenoxy) is 1. The Balaban J connectivity index is 0.000000313. The molecule has 0 bridgehead atoms. The molecule has 1 N–H and O–H groups in total. The van der Waals surface area contributed by atoms with Crippen LogP contribution in [0.3, 0.4) is 0 Å². The number of rotatable bonds is 2. The zero-order valence-electron chi connectivity index (χ0n) is 11.7. The van der Waals surface area contributed by atoms with Gasteiger partial charge in [-0.15, -0.1) is 0 Å². The van der Waals surface area contributed by atoms with E-state index in [0.717, 1.165) is 5.56 Å². The molecule has 1 aliphatic carbocycles. The minimum absolute atomic E-state index is 0. The minimum atomic E-state index is -0.0659. The van der Waals surface area contributed by atoms with E-state index < -0.39 is 0 Å². The summed E-state index contributed by atoms with van der Waals surface area (Å²) in [6.07, 6.45) is 7.29. The first-order valence-electron chi connectivity index (χ1n) is 6.45. The summed E-state index contributed by atoms with van der Waals surface area (Å²) in [6.45, 7) is 2.00. The Labute approximate surface area is 135 Å². The molecule has 0 heterocycles. The quantitative estimate of drug-likeness (QED) is 0.495. The average molecular weight is 321 g/mol. The van der Waals surface area contributed by atoms with Crippen LogP contribution in [0, 0.1) is 6.92 Å². The number of aliphatic hydroxyl groups is 1. The van der Waals surface area contributed by atoms with Crippen molar-refractivity contribution in [3.05, 3.63) is 96.0 Å². The smallest absolute Gasteiger partial charge is 0.289 e. The topological polar surface area (TPSA) is 29.5 Å². The molecule has 0 spiro atoms. The van der Waals surface area contributed by atoms with Gasteiger partial charge in [0.25, 0.3) is 5.95 Å². The van der Waals surface area contributed by atoms with Crippen molar-refractivity contribution in [1.29, 1.82) is 0 Å². The predicted molar refractivity (Wildman–Crippen MR) is 81.8 cm³/mol. The fraction of sp³-hybridized carbons (Fsp3) is 0.0556. The Morgan fingerprint density at radius 1 is 1.00 bits per heavy atom. The van der Waals surface area contributed by atoms with E-state index in [2.05, 4.69) is 0 Å². The second kappa shape index (κ2) is 8.96. The average Bonchev–Trinajstić information content (AvgIpc) is 3.17. The molecule has 1 aliphatic rings. The SMILES string of the molecule is Cc1ccc(OC(O)=C2C=CC=C2)cc1.[Fe].c1cc[cH-]c1. The molecule has 2 aromatic rings. The minimum Gasteiger partial charge on any atom is -0.480 e. The van der Waals surface area contributed by atoms with Gasteiger partial charge in [-0.25, -0.2) is 12.1 Å². The van der Waals surface area contributed by atoms with Gasteiger partial charge in [0.15, 0.2) is 0 Å². The van der Waals surface area contributed by atoms with Gasteiger partial charge >= 0.3 is 0 Å². The maximum atomic E-state index is 9.63. The summed E-state index contributed by atoms with van der Waals surface area (Å²) in [5.41, 5.74) is 1.85. The molecule has 3 heteroatoms. The Hall–Kier alpha value is -2.09. The number of aryl methyl sites for hydroxylation is 1. The molecule has 0 aliphatic heterocycles. The Bertz CT molecular complexity index is 574. The van der Waals surface area contributed by atoms with Gasteiger partial charge in [0.05, 0.1) is 5.57 Å². The van der Waals surface area contributed by atoms with E-state index >= 15 is 0 Å². The number of aliphatic hydroxyl groups excluding tert-OH is 1. The molecule has 0 unspecified atom stereocenters. The molecular weight excluding hydrogens is 304 g/mol. The molecule has 0 saturated carbocycles. The zero-order valence-corrected chi connectivity index (χ0v) is 12.8. The molecule has 0 radical (unpaired) electrons. The van der Waals surface area contributed by atoms with Crippen LogP contribution >= 0.6 is 0 Å². The van der Waals surface area contributed by atoms with E-state index in [1.54, 1.807) is 12.2 Å². The van der Waals surface area contributed by atoms with E-state index in [4.69, 9.17) is 4.74 Å². The van der Waals surface area contributed by atoms with Crippen molar-refractivity contribution in [3.8, 4) is 5.75 Å². The summed E-state index contributed by atoms with van der Waals surface area (Å²) in [6, 6.07) is 17.5. The zero-order chi connectivity index (χ0) is 14.2. The van der Waals surface area contributed by atoms with Crippen LogP contribution in [0.5, 0.6) is 5.75 Å². The predicted octanol–water partition coefficient (Wildman–Crippen LogP) is 4.67. The fourth-order valence-electron chi connectivity index (χ4n) is 1.61. The molecule has 0 saturated heterocycles. The van der Waals surface area contributed by atoms with E-state index in [1.807, 2.05) is 73.7 Å². The second-order valence-corrected chi connectivity index (χ2v) is 4.36. The summed E-state index contributed by atoms with van der Waals surface area (Å²) in [7, 11) is 0. The molecule has 2 nitrogen and oxygen atoms in total. The molecule has 0 aromatic heterocycles. The van der Waals surface area contributed by atoms with Crippen LogP contribution in [0.1, 0.15) is 5.56 Å². The van der Waals surface area contributed by atoms with E-state index in [9.17, 15) is 5.11 Å². The van der Waals surface area contributed by atoms with E-state index in [-0.39, 0.29) is 23.0 Å². The normalized spacial score (nSPS) is 11.4. The van der Waals surface area contributed by atoms with Crippen LogP contribution in [-0.4, -0.2) is 5.11 Å². The van der Waals surface area contributed by atoms with Crippen molar-refractivity contribution in [2.45, 2.75) is 6.92 Å². The maximum absolute atomic E-state index is 9.63. The van der Waals surface area contributed by atoms with E-state index in [0.29, 0.717) is 11.3 Å². The standard InChI is InChI=1S/C13H12O2.C5H5.Fe/c1-10-6-8-12(9-7-10)15-13(14)11-4-2-3-5-11;1-2-4-5-3-1;/h2-9,14H,1H3;1-5H;/q;-1;. The van der Waals surface area contributed by atoms with Crippen molar-refractivity contribution < 1.29 is 26.9 Å². The maximum Gasteiger partial charge on any atom is 0.289 e. The first kappa shape index (κ1) is 17.0. The molecule has 21 heavy (non-hydrogen) atoms. The van der Waals surface area contributed by atoms with Crippen LogP contribution < -0.4 is 4.74 Å². The third kappa shape index (κ3) is 5.82. The van der Waals surface area contributed by atoms with Gasteiger partial charge < -0.3 is 9.84 Å². The molecule has 0 amide bonds. The largest absolute Gasteiger partial charge is 0.480 e. The van der Waals surface area contributed by atoms with Crippen molar-refractivity contribution in [1.82, 2.24) is 0 Å².